The van der Waals surface area contributed by atoms with Crippen molar-refractivity contribution >= 4 is 28.3 Å². The predicted molar refractivity (Wildman–Crippen MR) is 121 cm³/mol. The second-order valence-electron chi connectivity index (χ2n) is 8.04. The minimum atomic E-state index is -0.663. The van der Waals surface area contributed by atoms with E-state index in [2.05, 4.69) is 10.2 Å². The van der Waals surface area contributed by atoms with Gasteiger partial charge >= 0.3 is 0 Å². The number of benzene rings is 2. The van der Waals surface area contributed by atoms with Gasteiger partial charge < -0.3 is 15.3 Å². The van der Waals surface area contributed by atoms with Crippen LogP contribution in [0.2, 0.25) is 0 Å². The zero-order valence-corrected chi connectivity index (χ0v) is 17.7. The van der Waals surface area contributed by atoms with Crippen LogP contribution in [0, 0.1) is 0 Å². The number of anilines is 2. The number of fused-ring (bicyclic) bond motifs is 2. The van der Waals surface area contributed by atoms with Crippen LogP contribution in [0.15, 0.2) is 54.6 Å². The van der Waals surface area contributed by atoms with Crippen LogP contribution in [0.5, 0.6) is 0 Å². The number of para-hydroxylation sites is 1. The number of pyridine rings is 1. The summed E-state index contributed by atoms with van der Waals surface area (Å²) in [6.45, 7) is 3.01. The third-order valence-electron chi connectivity index (χ3n) is 5.98. The van der Waals surface area contributed by atoms with Crippen LogP contribution >= 0.6 is 0 Å². The molecule has 1 amide bonds. The highest BCUT2D eigenvalue weighted by Gasteiger charge is 2.26. The van der Waals surface area contributed by atoms with Crippen molar-refractivity contribution in [3.05, 3.63) is 65.7 Å². The van der Waals surface area contributed by atoms with Gasteiger partial charge in [-0.25, -0.2) is 4.98 Å². The molecule has 3 aromatic rings. The number of aliphatic hydroxyl groups excluding tert-OH is 1. The maximum atomic E-state index is 12.9. The topological polar surface area (TPSA) is 68.7 Å². The summed E-state index contributed by atoms with van der Waals surface area (Å²) in [4.78, 5) is 21.7. The Balaban J connectivity index is 1.53. The molecule has 0 fully saturated rings. The molecule has 0 unspecified atom stereocenters. The van der Waals surface area contributed by atoms with Crippen LogP contribution in [-0.2, 0) is 11.2 Å². The van der Waals surface area contributed by atoms with Crippen LogP contribution in [0.3, 0.4) is 0 Å². The van der Waals surface area contributed by atoms with Crippen molar-refractivity contribution in [2.75, 3.05) is 37.4 Å². The molecule has 6 nitrogen and oxygen atoms in total. The van der Waals surface area contributed by atoms with Crippen molar-refractivity contribution in [2.24, 2.45) is 0 Å². The lowest BCUT2D eigenvalue weighted by molar-refractivity contribution is -0.117. The lowest BCUT2D eigenvalue weighted by atomic mass is 10.0. The van der Waals surface area contributed by atoms with Crippen LogP contribution in [0.25, 0.3) is 10.9 Å². The quantitative estimate of drug-likeness (QED) is 0.660. The van der Waals surface area contributed by atoms with E-state index in [0.29, 0.717) is 0 Å². The van der Waals surface area contributed by atoms with E-state index in [0.717, 1.165) is 46.5 Å². The second kappa shape index (κ2) is 8.42. The highest BCUT2D eigenvalue weighted by molar-refractivity contribution is 6.04. The van der Waals surface area contributed by atoms with Crippen molar-refractivity contribution in [1.29, 1.82) is 0 Å². The lowest BCUT2D eigenvalue weighted by Crippen LogP contribution is -2.39. The first-order valence-corrected chi connectivity index (χ1v) is 10.3. The minimum Gasteiger partial charge on any atom is -0.387 e. The third kappa shape index (κ3) is 3.88. The first kappa shape index (κ1) is 20.3. The van der Waals surface area contributed by atoms with E-state index in [1.54, 1.807) is 0 Å². The Kier molecular flexibility index (Phi) is 5.70. The molecule has 0 aliphatic carbocycles. The van der Waals surface area contributed by atoms with Gasteiger partial charge in [0.2, 0.25) is 5.91 Å². The minimum absolute atomic E-state index is 0.0993. The highest BCUT2D eigenvalue weighted by Crippen LogP contribution is 2.36. The predicted octanol–water partition coefficient (Wildman–Crippen LogP) is 3.22. The molecule has 2 heterocycles. The summed E-state index contributed by atoms with van der Waals surface area (Å²) in [5.41, 5.74) is 3.67. The molecule has 0 spiro atoms. The fourth-order valence-electron chi connectivity index (χ4n) is 4.04. The molecule has 156 valence electrons. The molecule has 0 saturated carbocycles. The Morgan fingerprint density at radius 2 is 1.90 bits per heavy atom. The Hall–Kier alpha value is -2.96. The number of carbonyl (C=O) groups excluding carboxylic acids is 1. The van der Waals surface area contributed by atoms with Gasteiger partial charge in [0.1, 0.15) is 5.82 Å². The van der Waals surface area contributed by atoms with E-state index in [4.69, 9.17) is 4.98 Å². The number of amides is 1. The Labute approximate surface area is 177 Å². The van der Waals surface area contributed by atoms with Gasteiger partial charge in [-0.1, -0.05) is 48.5 Å². The maximum Gasteiger partial charge on any atom is 0.238 e. The first-order valence-electron chi connectivity index (χ1n) is 10.3. The normalized spacial score (nSPS) is 15.3. The average molecular weight is 405 g/mol. The molecule has 2 N–H and O–H groups in total. The van der Waals surface area contributed by atoms with Crippen LogP contribution in [0.4, 0.5) is 11.5 Å². The molecule has 0 bridgehead atoms. The van der Waals surface area contributed by atoms with E-state index in [-0.39, 0.29) is 18.5 Å². The molecule has 2 atom stereocenters. The maximum absolute atomic E-state index is 12.9. The van der Waals surface area contributed by atoms with Crippen LogP contribution in [0.1, 0.15) is 24.2 Å². The number of rotatable bonds is 6. The summed E-state index contributed by atoms with van der Waals surface area (Å²) in [5, 5.41) is 14.8. The summed E-state index contributed by atoms with van der Waals surface area (Å²) in [5.74, 6) is 0.836. The molecular weight excluding hydrogens is 376 g/mol. The third-order valence-corrected chi connectivity index (χ3v) is 5.98. The van der Waals surface area contributed by atoms with Gasteiger partial charge in [0.15, 0.2) is 0 Å². The van der Waals surface area contributed by atoms with Gasteiger partial charge in [-0.05, 0) is 32.0 Å². The zero-order valence-electron chi connectivity index (χ0n) is 17.7. The van der Waals surface area contributed by atoms with Gasteiger partial charge in [0, 0.05) is 30.6 Å². The monoisotopic (exact) mass is 404 g/mol. The number of nitrogens with zero attached hydrogens (tertiary/aromatic N) is 3. The summed E-state index contributed by atoms with van der Waals surface area (Å²) in [6.07, 6.45) is 0.196. The standard InChI is InChI=1S/C24H28N4O2/c1-16(23(30)17-9-5-4-6-10-17)28(3)15-21(29)26-22-18-11-7-8-12-20(18)25-24-19(22)13-14-27(24)2/h4-12,16,23,30H,13-15H2,1-3H3,(H,25,26,29)/t16-,23+/m1/s1. The van der Waals surface area contributed by atoms with Crippen molar-refractivity contribution in [3.63, 3.8) is 0 Å². The SMILES string of the molecule is C[C@H]([C@H](O)c1ccccc1)N(C)CC(=O)Nc1c2c(nc3ccccc13)N(C)CC2. The summed E-state index contributed by atoms with van der Waals surface area (Å²) in [6, 6.07) is 17.2. The van der Waals surface area contributed by atoms with Crippen molar-refractivity contribution < 1.29 is 9.90 Å². The van der Waals surface area contributed by atoms with Crippen molar-refractivity contribution in [1.82, 2.24) is 9.88 Å². The number of aromatic nitrogens is 1. The van der Waals surface area contributed by atoms with Crippen LogP contribution in [-0.4, -0.2) is 54.1 Å². The summed E-state index contributed by atoms with van der Waals surface area (Å²) < 4.78 is 0. The molecular formula is C24H28N4O2. The van der Waals surface area contributed by atoms with Crippen molar-refractivity contribution in [2.45, 2.75) is 25.5 Å². The molecule has 6 heteroatoms. The number of carbonyl (C=O) groups is 1. The largest absolute Gasteiger partial charge is 0.387 e. The smallest absolute Gasteiger partial charge is 0.238 e. The summed E-state index contributed by atoms with van der Waals surface area (Å²) >= 11 is 0. The molecule has 1 aromatic heterocycles. The lowest BCUT2D eigenvalue weighted by Gasteiger charge is -2.28. The number of hydrogen-bond donors (Lipinski definition) is 2. The van der Waals surface area contributed by atoms with E-state index in [9.17, 15) is 9.90 Å². The number of aliphatic hydroxyl groups is 1. The fraction of sp³-hybridized carbons (Fsp3) is 0.333. The fourth-order valence-corrected chi connectivity index (χ4v) is 4.04. The van der Waals surface area contributed by atoms with Crippen LogP contribution < -0.4 is 10.2 Å². The van der Waals surface area contributed by atoms with Gasteiger partial charge in [-0.15, -0.1) is 0 Å². The second-order valence-corrected chi connectivity index (χ2v) is 8.04. The summed E-state index contributed by atoms with van der Waals surface area (Å²) in [7, 11) is 3.89. The molecule has 4 rings (SSSR count). The van der Waals surface area contributed by atoms with Gasteiger partial charge in [0.05, 0.1) is 23.9 Å². The molecule has 0 radical (unpaired) electrons. The van der Waals surface area contributed by atoms with E-state index >= 15 is 0 Å². The molecule has 2 aromatic carbocycles. The highest BCUT2D eigenvalue weighted by atomic mass is 16.3. The Bertz CT molecular complexity index is 1050. The molecule has 30 heavy (non-hydrogen) atoms. The van der Waals surface area contributed by atoms with E-state index in [1.807, 2.05) is 80.5 Å². The molecule has 0 saturated heterocycles. The zero-order chi connectivity index (χ0) is 21.3. The first-order chi connectivity index (χ1) is 14.5. The van der Waals surface area contributed by atoms with E-state index < -0.39 is 6.10 Å². The van der Waals surface area contributed by atoms with E-state index in [1.165, 1.54) is 0 Å². The Morgan fingerprint density at radius 1 is 1.20 bits per heavy atom. The number of likely N-dealkylation sites (N-methyl/N-ethyl adjacent to an activating group) is 2. The molecule has 1 aliphatic rings. The molecule has 1 aliphatic heterocycles. The van der Waals surface area contributed by atoms with Gasteiger partial charge in [-0.2, -0.15) is 0 Å². The van der Waals surface area contributed by atoms with Crippen molar-refractivity contribution in [3.8, 4) is 0 Å². The average Bonchev–Trinajstić information content (AvgIpc) is 3.13. The van der Waals surface area contributed by atoms with Gasteiger partial charge in [0.25, 0.3) is 0 Å². The number of nitrogens with one attached hydrogen (secondary N) is 1. The Morgan fingerprint density at radius 3 is 2.67 bits per heavy atom. The number of hydrogen-bond acceptors (Lipinski definition) is 5. The van der Waals surface area contributed by atoms with Gasteiger partial charge in [-0.3, -0.25) is 9.69 Å².